The Morgan fingerprint density at radius 1 is 0.944 bits per heavy atom. The molecule has 5 rings (SSSR count). The lowest BCUT2D eigenvalue weighted by Crippen LogP contribution is -2.38. The molecule has 3 aromatic rings. The number of nitrogens with one attached hydrogen (secondary N) is 1. The smallest absolute Gasteiger partial charge is 0.344 e. The van der Waals surface area contributed by atoms with E-state index in [-0.39, 0.29) is 5.97 Å². The Morgan fingerprint density at radius 2 is 1.61 bits per heavy atom. The minimum Gasteiger partial charge on any atom is -0.423 e. The van der Waals surface area contributed by atoms with Crippen molar-refractivity contribution in [3.8, 4) is 5.75 Å². The number of aromatic nitrogens is 3. The Labute approximate surface area is 222 Å². The van der Waals surface area contributed by atoms with Gasteiger partial charge in [-0.25, -0.2) is 10.2 Å². The Hall–Kier alpha value is -3.32. The van der Waals surface area contributed by atoms with Crippen molar-refractivity contribution < 1.29 is 14.3 Å². The van der Waals surface area contributed by atoms with E-state index in [1.165, 1.54) is 0 Å². The molecule has 1 N–H and O–H groups in total. The van der Waals surface area contributed by atoms with Crippen molar-refractivity contribution in [1.82, 2.24) is 15.0 Å². The average Bonchev–Trinajstić information content (AvgIpc) is 3.46. The van der Waals surface area contributed by atoms with Gasteiger partial charge in [0.25, 0.3) is 0 Å². The van der Waals surface area contributed by atoms with Crippen LogP contribution in [0.5, 0.6) is 5.75 Å². The number of carbonyl (C=O) groups is 1. The molecule has 0 radical (unpaired) electrons. The minimum atomic E-state index is -0.386. The summed E-state index contributed by atoms with van der Waals surface area (Å²) >= 11 is 2.12. The quantitative estimate of drug-likeness (QED) is 0.144. The van der Waals surface area contributed by atoms with Crippen LogP contribution in [0, 0.1) is 3.57 Å². The number of rotatable bonds is 7. The molecule has 11 heteroatoms. The zero-order valence-corrected chi connectivity index (χ0v) is 21.8. The molecule has 0 spiro atoms. The molecule has 0 amide bonds. The topological polar surface area (TPSA) is 105 Å². The van der Waals surface area contributed by atoms with E-state index < -0.39 is 0 Å². The second-order valence-corrected chi connectivity index (χ2v) is 9.52. The molecule has 2 fully saturated rings. The predicted molar refractivity (Wildman–Crippen MR) is 146 cm³/mol. The third-order valence-corrected chi connectivity index (χ3v) is 6.80. The fourth-order valence-corrected chi connectivity index (χ4v) is 4.55. The number of anilines is 3. The molecular formula is C25H26IN7O3. The summed E-state index contributed by atoms with van der Waals surface area (Å²) in [5, 5.41) is 4.32. The number of ether oxygens (including phenoxy) is 2. The molecule has 2 aliphatic heterocycles. The van der Waals surface area contributed by atoms with Crippen molar-refractivity contribution in [2.75, 3.05) is 54.6 Å². The third kappa shape index (κ3) is 6.08. The van der Waals surface area contributed by atoms with E-state index in [2.05, 4.69) is 52.9 Å². The Morgan fingerprint density at radius 3 is 2.31 bits per heavy atom. The zero-order chi connectivity index (χ0) is 24.7. The van der Waals surface area contributed by atoms with E-state index in [1.54, 1.807) is 24.4 Å². The fraction of sp³-hybridized carbons (Fsp3) is 0.320. The van der Waals surface area contributed by atoms with Gasteiger partial charge in [-0.2, -0.15) is 20.1 Å². The first kappa shape index (κ1) is 24.4. The van der Waals surface area contributed by atoms with Gasteiger partial charge in [0.05, 0.1) is 25.0 Å². The van der Waals surface area contributed by atoms with Crippen LogP contribution in [0.25, 0.3) is 0 Å². The third-order valence-electron chi connectivity index (χ3n) is 5.86. The maximum Gasteiger partial charge on any atom is 0.344 e. The number of morpholine rings is 1. The van der Waals surface area contributed by atoms with E-state index in [4.69, 9.17) is 14.5 Å². The lowest BCUT2D eigenvalue weighted by molar-refractivity contribution is 0.0733. The van der Waals surface area contributed by atoms with Gasteiger partial charge in [-0.05, 0) is 77.4 Å². The molecule has 10 nitrogen and oxygen atoms in total. The highest BCUT2D eigenvalue weighted by atomic mass is 127. The van der Waals surface area contributed by atoms with Crippen molar-refractivity contribution in [1.29, 1.82) is 0 Å². The van der Waals surface area contributed by atoms with Crippen LogP contribution in [0.4, 0.5) is 17.8 Å². The molecule has 2 aliphatic rings. The first-order valence-corrected chi connectivity index (χ1v) is 12.9. The average molecular weight is 599 g/mol. The van der Waals surface area contributed by atoms with Crippen LogP contribution >= 0.6 is 22.6 Å². The van der Waals surface area contributed by atoms with E-state index in [0.29, 0.717) is 42.4 Å². The summed E-state index contributed by atoms with van der Waals surface area (Å²) in [4.78, 5) is 30.6. The van der Waals surface area contributed by atoms with Gasteiger partial charge in [0.15, 0.2) is 0 Å². The second-order valence-electron chi connectivity index (χ2n) is 8.36. The molecule has 0 bridgehead atoms. The van der Waals surface area contributed by atoms with Gasteiger partial charge in [-0.15, -0.1) is 0 Å². The van der Waals surface area contributed by atoms with E-state index in [1.807, 2.05) is 30.3 Å². The number of hydrogen-bond acceptors (Lipinski definition) is 10. The van der Waals surface area contributed by atoms with Crippen LogP contribution in [0.3, 0.4) is 0 Å². The molecule has 0 saturated carbocycles. The van der Waals surface area contributed by atoms with Crippen LogP contribution in [0.15, 0.2) is 53.6 Å². The lowest BCUT2D eigenvalue weighted by Gasteiger charge is -2.27. The monoisotopic (exact) mass is 599 g/mol. The van der Waals surface area contributed by atoms with Gasteiger partial charge in [-0.3, -0.25) is 0 Å². The summed E-state index contributed by atoms with van der Waals surface area (Å²) in [7, 11) is 0. The van der Waals surface area contributed by atoms with Crippen LogP contribution in [0.1, 0.15) is 28.8 Å². The number of hydrazone groups is 1. The second kappa shape index (κ2) is 11.6. The van der Waals surface area contributed by atoms with Crippen molar-refractivity contribution in [3.05, 3.63) is 63.2 Å². The van der Waals surface area contributed by atoms with Crippen LogP contribution in [-0.2, 0) is 4.74 Å². The number of hydrogen-bond donors (Lipinski definition) is 1. The molecule has 0 unspecified atom stereocenters. The number of benzene rings is 2. The predicted octanol–water partition coefficient (Wildman–Crippen LogP) is 3.58. The molecule has 186 valence electrons. The molecule has 0 aliphatic carbocycles. The normalized spacial score (nSPS) is 15.9. The molecular weight excluding hydrogens is 573 g/mol. The minimum absolute atomic E-state index is 0.386. The zero-order valence-electron chi connectivity index (χ0n) is 19.6. The van der Waals surface area contributed by atoms with Gasteiger partial charge >= 0.3 is 5.97 Å². The van der Waals surface area contributed by atoms with Crippen LogP contribution in [0.2, 0.25) is 0 Å². The lowest BCUT2D eigenvalue weighted by atomic mass is 10.2. The Bertz CT molecular complexity index is 1230. The fourth-order valence-electron chi connectivity index (χ4n) is 3.94. The summed E-state index contributed by atoms with van der Waals surface area (Å²) in [5.41, 5.74) is 4.32. The number of carbonyl (C=O) groups excluding carboxylic acids is 1. The maximum atomic E-state index is 12.4. The SMILES string of the molecule is O=C(Oc1ccc(C=NNc2nc(N3CCCC3)nc(N3CCOCC3)n2)cc1)c1ccccc1I. The number of esters is 1. The van der Waals surface area contributed by atoms with Crippen LogP contribution < -0.4 is 20.0 Å². The number of halogens is 1. The first-order chi connectivity index (χ1) is 17.7. The summed E-state index contributed by atoms with van der Waals surface area (Å²) in [6, 6.07) is 14.4. The summed E-state index contributed by atoms with van der Waals surface area (Å²) in [6.45, 7) is 4.67. The molecule has 3 heterocycles. The summed E-state index contributed by atoms with van der Waals surface area (Å²) in [6.07, 6.45) is 3.93. The largest absolute Gasteiger partial charge is 0.423 e. The highest BCUT2D eigenvalue weighted by Gasteiger charge is 2.21. The Balaban J connectivity index is 1.25. The Kier molecular flexibility index (Phi) is 7.86. The van der Waals surface area contributed by atoms with E-state index in [0.717, 1.165) is 48.2 Å². The van der Waals surface area contributed by atoms with Crippen molar-refractivity contribution in [2.45, 2.75) is 12.8 Å². The molecule has 36 heavy (non-hydrogen) atoms. The highest BCUT2D eigenvalue weighted by molar-refractivity contribution is 14.1. The van der Waals surface area contributed by atoms with Crippen molar-refractivity contribution >= 4 is 52.6 Å². The molecule has 1 aromatic heterocycles. The van der Waals surface area contributed by atoms with E-state index >= 15 is 0 Å². The first-order valence-electron chi connectivity index (χ1n) is 11.9. The van der Waals surface area contributed by atoms with Gasteiger partial charge in [-0.1, -0.05) is 12.1 Å². The van der Waals surface area contributed by atoms with Gasteiger partial charge in [0, 0.05) is 29.7 Å². The summed E-state index contributed by atoms with van der Waals surface area (Å²) in [5.74, 6) is 1.77. The molecule has 0 atom stereocenters. The van der Waals surface area contributed by atoms with Crippen molar-refractivity contribution in [2.24, 2.45) is 5.10 Å². The van der Waals surface area contributed by atoms with Crippen molar-refractivity contribution in [3.63, 3.8) is 0 Å². The van der Waals surface area contributed by atoms with Crippen LogP contribution in [-0.4, -0.2) is 66.5 Å². The highest BCUT2D eigenvalue weighted by Crippen LogP contribution is 2.21. The maximum absolute atomic E-state index is 12.4. The molecule has 2 aromatic carbocycles. The summed E-state index contributed by atoms with van der Waals surface area (Å²) < 4.78 is 11.8. The van der Waals surface area contributed by atoms with Gasteiger partial charge in [0.1, 0.15) is 5.75 Å². The number of nitrogens with zero attached hydrogens (tertiary/aromatic N) is 6. The molecule has 2 saturated heterocycles. The standard InChI is InChI=1S/C25H26IN7O3/c26-21-6-2-1-5-20(21)22(34)36-19-9-7-18(8-10-19)17-27-31-23-28-24(32-11-3-4-12-32)30-25(29-23)33-13-15-35-16-14-33/h1-2,5-10,17H,3-4,11-16H2,(H,28,29,30,31). The van der Waals surface area contributed by atoms with Gasteiger partial charge < -0.3 is 19.3 Å². The van der Waals surface area contributed by atoms with Gasteiger partial charge in [0.2, 0.25) is 17.8 Å². The van der Waals surface area contributed by atoms with E-state index in [9.17, 15) is 4.79 Å².